The fourth-order valence-corrected chi connectivity index (χ4v) is 3.13. The molecule has 0 aromatic heterocycles. The highest BCUT2D eigenvalue weighted by atomic mass is 32.2. The zero-order valence-electron chi connectivity index (χ0n) is 12.7. The minimum absolute atomic E-state index is 0.0732. The van der Waals surface area contributed by atoms with Gasteiger partial charge in [0.15, 0.2) is 0 Å². The molecule has 0 saturated carbocycles. The lowest BCUT2D eigenvalue weighted by Gasteiger charge is -2.08. The second-order valence-electron chi connectivity index (χ2n) is 5.50. The molecule has 0 bridgehead atoms. The summed E-state index contributed by atoms with van der Waals surface area (Å²) in [7, 11) is -3.59. The lowest BCUT2D eigenvalue weighted by Crippen LogP contribution is -2.26. The summed E-state index contributed by atoms with van der Waals surface area (Å²) in [6.45, 7) is 4.57. The van der Waals surface area contributed by atoms with Crippen LogP contribution in [0.4, 0.5) is 4.39 Å². The Hall–Kier alpha value is -1.72. The molecule has 22 heavy (non-hydrogen) atoms. The van der Waals surface area contributed by atoms with Crippen LogP contribution in [0, 0.1) is 5.82 Å². The summed E-state index contributed by atoms with van der Waals surface area (Å²) >= 11 is 0. The van der Waals surface area contributed by atoms with Crippen molar-refractivity contribution in [2.45, 2.75) is 31.1 Å². The van der Waals surface area contributed by atoms with Crippen molar-refractivity contribution in [2.75, 3.05) is 6.54 Å². The molecule has 0 aliphatic carbocycles. The highest BCUT2D eigenvalue weighted by molar-refractivity contribution is 7.89. The molecule has 0 aliphatic rings. The summed E-state index contributed by atoms with van der Waals surface area (Å²) < 4.78 is 39.4. The summed E-state index contributed by atoms with van der Waals surface area (Å²) in [5.41, 5.74) is 2.34. The fraction of sp³-hybridized carbons (Fsp3) is 0.294. The van der Waals surface area contributed by atoms with Crippen molar-refractivity contribution < 1.29 is 12.8 Å². The maximum atomic E-state index is 12.8. The monoisotopic (exact) mass is 321 g/mol. The molecule has 0 spiro atoms. The minimum atomic E-state index is -3.59. The van der Waals surface area contributed by atoms with Crippen LogP contribution in [0.5, 0.6) is 0 Å². The zero-order valence-corrected chi connectivity index (χ0v) is 13.5. The van der Waals surface area contributed by atoms with E-state index in [1.165, 1.54) is 17.7 Å². The van der Waals surface area contributed by atoms with Crippen molar-refractivity contribution >= 4 is 10.0 Å². The van der Waals surface area contributed by atoms with Crippen molar-refractivity contribution in [3.63, 3.8) is 0 Å². The van der Waals surface area contributed by atoms with Gasteiger partial charge in [0.05, 0.1) is 4.90 Å². The van der Waals surface area contributed by atoms with Crippen LogP contribution in [0.25, 0.3) is 0 Å². The molecule has 0 fully saturated rings. The second kappa shape index (κ2) is 7.03. The molecule has 0 radical (unpaired) electrons. The molecule has 5 heteroatoms. The molecule has 0 heterocycles. The summed E-state index contributed by atoms with van der Waals surface area (Å²) in [5.74, 6) is 0.0234. The van der Waals surface area contributed by atoms with Gasteiger partial charge in [0.25, 0.3) is 0 Å². The Morgan fingerprint density at radius 3 is 2.14 bits per heavy atom. The number of hydrogen-bond donors (Lipinski definition) is 1. The van der Waals surface area contributed by atoms with E-state index in [2.05, 4.69) is 30.7 Å². The Bertz CT molecular complexity index is 707. The van der Waals surface area contributed by atoms with Crippen molar-refractivity contribution in [1.29, 1.82) is 0 Å². The lowest BCUT2D eigenvalue weighted by atomic mass is 10.0. The number of hydrogen-bond acceptors (Lipinski definition) is 2. The van der Waals surface area contributed by atoms with Crippen LogP contribution in [-0.4, -0.2) is 15.0 Å². The number of sulfonamides is 1. The number of benzene rings is 2. The summed E-state index contributed by atoms with van der Waals surface area (Å²) in [4.78, 5) is 0.0732. The predicted molar refractivity (Wildman–Crippen MR) is 85.8 cm³/mol. The molecule has 0 aliphatic heterocycles. The minimum Gasteiger partial charge on any atom is -0.211 e. The highest BCUT2D eigenvalue weighted by Crippen LogP contribution is 2.15. The normalized spacial score (nSPS) is 11.8. The third kappa shape index (κ3) is 4.39. The number of nitrogens with one attached hydrogen (secondary N) is 1. The molecule has 1 N–H and O–H groups in total. The SMILES string of the molecule is CC(C)c1ccc(CCNS(=O)(=O)c2ccc(F)cc2)cc1. The van der Waals surface area contributed by atoms with Gasteiger partial charge >= 0.3 is 0 Å². The van der Waals surface area contributed by atoms with Crippen LogP contribution in [-0.2, 0) is 16.4 Å². The Labute approximate surface area is 131 Å². The predicted octanol–water partition coefficient (Wildman–Crippen LogP) is 3.47. The largest absolute Gasteiger partial charge is 0.240 e. The molecular formula is C17H20FNO2S. The molecule has 2 aromatic carbocycles. The van der Waals surface area contributed by atoms with Gasteiger partial charge in [-0.3, -0.25) is 0 Å². The molecule has 0 saturated heterocycles. The van der Waals surface area contributed by atoms with E-state index in [1.54, 1.807) is 0 Å². The molecule has 118 valence electrons. The van der Waals surface area contributed by atoms with Gasteiger partial charge in [-0.05, 0) is 47.7 Å². The van der Waals surface area contributed by atoms with E-state index in [9.17, 15) is 12.8 Å². The van der Waals surface area contributed by atoms with Crippen molar-refractivity contribution in [3.8, 4) is 0 Å². The van der Waals surface area contributed by atoms with Gasteiger partial charge in [0.1, 0.15) is 5.82 Å². The van der Waals surface area contributed by atoms with Crippen molar-refractivity contribution in [3.05, 3.63) is 65.5 Å². The van der Waals surface area contributed by atoms with Crippen molar-refractivity contribution in [1.82, 2.24) is 4.72 Å². The van der Waals surface area contributed by atoms with Gasteiger partial charge in [-0.15, -0.1) is 0 Å². The van der Waals surface area contributed by atoms with Crippen LogP contribution in [0.3, 0.4) is 0 Å². The fourth-order valence-electron chi connectivity index (χ4n) is 2.10. The van der Waals surface area contributed by atoms with Gasteiger partial charge in [0, 0.05) is 6.54 Å². The Balaban J connectivity index is 1.93. The van der Waals surface area contributed by atoms with E-state index in [4.69, 9.17) is 0 Å². The van der Waals surface area contributed by atoms with Gasteiger partial charge in [-0.25, -0.2) is 17.5 Å². The van der Waals surface area contributed by atoms with Crippen LogP contribution in [0.15, 0.2) is 53.4 Å². The lowest BCUT2D eigenvalue weighted by molar-refractivity contribution is 0.580. The van der Waals surface area contributed by atoms with Crippen LogP contribution in [0.1, 0.15) is 30.9 Å². The maximum Gasteiger partial charge on any atom is 0.240 e. The first kappa shape index (κ1) is 16.6. The average molecular weight is 321 g/mol. The first-order valence-electron chi connectivity index (χ1n) is 7.22. The Morgan fingerprint density at radius 1 is 1.00 bits per heavy atom. The van der Waals surface area contributed by atoms with Gasteiger partial charge in [-0.1, -0.05) is 38.1 Å². The summed E-state index contributed by atoms with van der Waals surface area (Å²) in [5, 5.41) is 0. The summed E-state index contributed by atoms with van der Waals surface area (Å²) in [6.07, 6.45) is 0.610. The topological polar surface area (TPSA) is 46.2 Å². The van der Waals surface area contributed by atoms with E-state index in [0.717, 1.165) is 17.7 Å². The summed E-state index contributed by atoms with van der Waals surface area (Å²) in [6, 6.07) is 13.0. The number of rotatable bonds is 6. The second-order valence-corrected chi connectivity index (χ2v) is 7.26. The van der Waals surface area contributed by atoms with Crippen LogP contribution >= 0.6 is 0 Å². The van der Waals surface area contributed by atoms with E-state index < -0.39 is 15.8 Å². The third-order valence-electron chi connectivity index (χ3n) is 3.48. The quantitative estimate of drug-likeness (QED) is 0.885. The molecule has 3 nitrogen and oxygen atoms in total. The van der Waals surface area contributed by atoms with Gasteiger partial charge < -0.3 is 0 Å². The van der Waals surface area contributed by atoms with E-state index >= 15 is 0 Å². The number of halogens is 1. The average Bonchev–Trinajstić information content (AvgIpc) is 2.48. The molecule has 0 atom stereocenters. The smallest absolute Gasteiger partial charge is 0.211 e. The standard InChI is InChI=1S/C17H20FNO2S/c1-13(2)15-5-3-14(4-6-15)11-12-19-22(20,21)17-9-7-16(18)8-10-17/h3-10,13,19H,11-12H2,1-2H3. The van der Waals surface area contributed by atoms with E-state index in [1.807, 2.05) is 12.1 Å². The Morgan fingerprint density at radius 2 is 1.59 bits per heavy atom. The van der Waals surface area contributed by atoms with Crippen LogP contribution < -0.4 is 4.72 Å². The first-order chi connectivity index (χ1) is 10.4. The maximum absolute atomic E-state index is 12.8. The van der Waals surface area contributed by atoms with Crippen molar-refractivity contribution in [2.24, 2.45) is 0 Å². The zero-order chi connectivity index (χ0) is 16.2. The molecule has 0 unspecified atom stereocenters. The van der Waals surface area contributed by atoms with E-state index in [0.29, 0.717) is 18.9 Å². The first-order valence-corrected chi connectivity index (χ1v) is 8.71. The highest BCUT2D eigenvalue weighted by Gasteiger charge is 2.13. The van der Waals surface area contributed by atoms with Crippen LogP contribution in [0.2, 0.25) is 0 Å². The van der Waals surface area contributed by atoms with Gasteiger partial charge in [0.2, 0.25) is 10.0 Å². The molecular weight excluding hydrogens is 301 g/mol. The molecule has 2 aromatic rings. The molecule has 2 rings (SSSR count). The van der Waals surface area contributed by atoms with E-state index in [-0.39, 0.29) is 4.90 Å². The Kier molecular flexibility index (Phi) is 5.32. The third-order valence-corrected chi connectivity index (χ3v) is 4.95. The van der Waals surface area contributed by atoms with Gasteiger partial charge in [-0.2, -0.15) is 0 Å². The molecule has 0 amide bonds.